The van der Waals surface area contributed by atoms with Crippen molar-refractivity contribution in [1.82, 2.24) is 0 Å². The lowest BCUT2D eigenvalue weighted by Crippen LogP contribution is -2.21. The topological polar surface area (TPSA) is 57.2 Å². The molecule has 0 atom stereocenters. The minimum Gasteiger partial charge on any atom is -0.741 e. The van der Waals surface area contributed by atoms with E-state index in [4.69, 9.17) is 13.0 Å². The number of halogens is 3. The normalized spacial score (nSPS) is 12.2. The van der Waals surface area contributed by atoms with Crippen molar-refractivity contribution in [2.75, 3.05) is 11.5 Å². The summed E-state index contributed by atoms with van der Waals surface area (Å²) in [6, 6.07) is 13.4. The van der Waals surface area contributed by atoms with Crippen LogP contribution in [0.5, 0.6) is 0 Å². The number of aryl methyl sites for hydroxylation is 1. The van der Waals surface area contributed by atoms with Gasteiger partial charge in [-0.3, -0.25) is 0 Å². The Labute approximate surface area is 143 Å². The standard InChI is InChI=1S/C15H19S.CHF3O3S/c1-4-16(5-2)15-11-10-12(3)13-8-6-7-9-14(13)15;2-1(3,4)8(5,6)7/h6-11H,4-5H2,1-3H3;(H,5,6,7)/q+1;/p-1. The highest BCUT2D eigenvalue weighted by molar-refractivity contribution is 7.97. The van der Waals surface area contributed by atoms with Crippen molar-refractivity contribution in [3.8, 4) is 0 Å². The van der Waals surface area contributed by atoms with Crippen LogP contribution in [0.1, 0.15) is 19.4 Å². The summed E-state index contributed by atoms with van der Waals surface area (Å²) < 4.78 is 58.9. The summed E-state index contributed by atoms with van der Waals surface area (Å²) in [5, 5.41) is 2.87. The first-order valence-corrected chi connectivity index (χ1v) is 10.2. The highest BCUT2D eigenvalue weighted by Crippen LogP contribution is 2.27. The number of hydrogen-bond donors (Lipinski definition) is 0. The highest BCUT2D eigenvalue weighted by atomic mass is 32.2. The Balaban J connectivity index is 0.000000307. The number of rotatable bonds is 3. The van der Waals surface area contributed by atoms with Crippen LogP contribution in [0, 0.1) is 6.92 Å². The van der Waals surface area contributed by atoms with Crippen LogP contribution in [0.3, 0.4) is 0 Å². The van der Waals surface area contributed by atoms with Gasteiger partial charge in [0.05, 0.1) is 0 Å². The molecule has 8 heteroatoms. The van der Waals surface area contributed by atoms with E-state index in [0.29, 0.717) is 10.9 Å². The van der Waals surface area contributed by atoms with E-state index in [1.165, 1.54) is 27.8 Å². The predicted molar refractivity (Wildman–Crippen MR) is 91.2 cm³/mol. The van der Waals surface area contributed by atoms with E-state index < -0.39 is 15.6 Å². The van der Waals surface area contributed by atoms with Crippen molar-refractivity contribution in [2.45, 2.75) is 31.2 Å². The van der Waals surface area contributed by atoms with Crippen molar-refractivity contribution < 1.29 is 26.1 Å². The summed E-state index contributed by atoms with van der Waals surface area (Å²) in [6.45, 7) is 6.78. The molecule has 0 saturated carbocycles. The maximum atomic E-state index is 10.7. The monoisotopic (exact) mass is 380 g/mol. The van der Waals surface area contributed by atoms with Crippen LogP contribution in [0.2, 0.25) is 0 Å². The molecule has 134 valence electrons. The maximum Gasteiger partial charge on any atom is 0.485 e. The molecule has 0 amide bonds. The molecule has 0 unspecified atom stereocenters. The zero-order chi connectivity index (χ0) is 18.5. The lowest BCUT2D eigenvalue weighted by Gasteiger charge is -2.08. The Kier molecular flexibility index (Phi) is 7.12. The van der Waals surface area contributed by atoms with Gasteiger partial charge in [-0.1, -0.05) is 24.3 Å². The van der Waals surface area contributed by atoms with Gasteiger partial charge in [0.2, 0.25) is 0 Å². The van der Waals surface area contributed by atoms with E-state index in [-0.39, 0.29) is 0 Å². The van der Waals surface area contributed by atoms with Crippen molar-refractivity contribution in [2.24, 2.45) is 0 Å². The van der Waals surface area contributed by atoms with E-state index in [0.717, 1.165) is 0 Å². The van der Waals surface area contributed by atoms with Crippen molar-refractivity contribution in [1.29, 1.82) is 0 Å². The molecule has 2 aromatic rings. The molecular weight excluding hydrogens is 361 g/mol. The zero-order valence-corrected chi connectivity index (χ0v) is 15.2. The van der Waals surface area contributed by atoms with Crippen molar-refractivity contribution >= 4 is 31.8 Å². The SMILES string of the molecule is CC[S+](CC)c1ccc(C)c2ccccc12.O=S(=O)([O-])C(F)(F)F. The Bertz CT molecular complexity index is 783. The zero-order valence-electron chi connectivity index (χ0n) is 13.6. The first-order chi connectivity index (χ1) is 11.0. The van der Waals surface area contributed by atoms with Crippen LogP contribution in [0.25, 0.3) is 10.8 Å². The van der Waals surface area contributed by atoms with Crippen LogP contribution < -0.4 is 0 Å². The van der Waals surface area contributed by atoms with Gasteiger partial charge in [-0.2, -0.15) is 13.2 Å². The summed E-state index contributed by atoms with van der Waals surface area (Å²) in [6.07, 6.45) is 0. The summed E-state index contributed by atoms with van der Waals surface area (Å²) >= 11 is 0. The second-order valence-corrected chi connectivity index (χ2v) is 8.85. The van der Waals surface area contributed by atoms with E-state index in [1.807, 2.05) is 0 Å². The molecule has 0 saturated heterocycles. The third-order valence-corrected chi connectivity index (χ3v) is 6.33. The van der Waals surface area contributed by atoms with Crippen LogP contribution in [0.15, 0.2) is 41.3 Å². The van der Waals surface area contributed by atoms with Gasteiger partial charge in [0, 0.05) is 16.3 Å². The largest absolute Gasteiger partial charge is 0.741 e. The van der Waals surface area contributed by atoms with Crippen LogP contribution >= 0.6 is 0 Å². The van der Waals surface area contributed by atoms with Crippen LogP contribution in [-0.2, 0) is 21.0 Å². The summed E-state index contributed by atoms with van der Waals surface area (Å²) in [5.74, 6) is 2.51. The van der Waals surface area contributed by atoms with E-state index in [9.17, 15) is 13.2 Å². The number of benzene rings is 2. The Morgan fingerprint density at radius 3 is 1.88 bits per heavy atom. The van der Waals surface area contributed by atoms with Gasteiger partial charge in [-0.05, 0) is 43.9 Å². The van der Waals surface area contributed by atoms with Gasteiger partial charge in [-0.15, -0.1) is 0 Å². The van der Waals surface area contributed by atoms with Gasteiger partial charge >= 0.3 is 5.51 Å². The molecular formula is C16H19F3O3S2. The highest BCUT2D eigenvalue weighted by Gasteiger charge is 2.36. The van der Waals surface area contributed by atoms with Gasteiger partial charge in [0.25, 0.3) is 0 Å². The summed E-state index contributed by atoms with van der Waals surface area (Å²) in [4.78, 5) is 1.55. The third kappa shape index (κ3) is 5.12. The van der Waals surface area contributed by atoms with E-state index >= 15 is 0 Å². The molecule has 2 aromatic carbocycles. The van der Waals surface area contributed by atoms with Crippen molar-refractivity contribution in [3.05, 3.63) is 42.0 Å². The van der Waals surface area contributed by atoms with Crippen LogP contribution in [0.4, 0.5) is 13.2 Å². The van der Waals surface area contributed by atoms with Gasteiger partial charge < -0.3 is 4.55 Å². The molecule has 0 aliphatic carbocycles. The van der Waals surface area contributed by atoms with E-state index in [1.54, 1.807) is 4.90 Å². The van der Waals surface area contributed by atoms with Crippen LogP contribution in [-0.4, -0.2) is 30.0 Å². The number of hydrogen-bond acceptors (Lipinski definition) is 3. The molecule has 0 aliphatic rings. The lowest BCUT2D eigenvalue weighted by molar-refractivity contribution is -0.0517. The summed E-state index contributed by atoms with van der Waals surface area (Å²) in [7, 11) is -5.67. The van der Waals surface area contributed by atoms with Gasteiger partial charge in [0.1, 0.15) is 11.5 Å². The first-order valence-electron chi connectivity index (χ1n) is 7.20. The fourth-order valence-corrected chi connectivity index (χ4v) is 3.97. The molecule has 2 rings (SSSR count). The Morgan fingerprint density at radius 2 is 1.46 bits per heavy atom. The Hall–Kier alpha value is -1.25. The smallest absolute Gasteiger partial charge is 0.485 e. The summed E-state index contributed by atoms with van der Waals surface area (Å²) in [5.41, 5.74) is -4.26. The third-order valence-electron chi connectivity index (χ3n) is 3.39. The molecule has 0 bridgehead atoms. The minimum atomic E-state index is -6.09. The molecule has 24 heavy (non-hydrogen) atoms. The molecule has 3 nitrogen and oxygen atoms in total. The van der Waals surface area contributed by atoms with Crippen molar-refractivity contribution in [3.63, 3.8) is 0 Å². The lowest BCUT2D eigenvalue weighted by atomic mass is 10.1. The molecule has 0 aliphatic heterocycles. The first kappa shape index (κ1) is 20.8. The predicted octanol–water partition coefficient (Wildman–Crippen LogP) is 4.22. The molecule has 0 heterocycles. The average Bonchev–Trinajstić information content (AvgIpc) is 2.49. The molecule has 0 N–H and O–H groups in total. The molecule has 0 radical (unpaired) electrons. The molecule has 0 aromatic heterocycles. The molecule has 0 fully saturated rings. The fraction of sp³-hybridized carbons (Fsp3) is 0.375. The van der Waals surface area contributed by atoms with E-state index in [2.05, 4.69) is 57.2 Å². The van der Waals surface area contributed by atoms with Gasteiger partial charge in [0.15, 0.2) is 15.0 Å². The minimum absolute atomic E-state index is 0.415. The number of alkyl halides is 3. The second kappa shape index (κ2) is 8.22. The average molecular weight is 380 g/mol. The maximum absolute atomic E-state index is 10.7. The van der Waals surface area contributed by atoms with Gasteiger partial charge in [-0.25, -0.2) is 8.42 Å². The quantitative estimate of drug-likeness (QED) is 0.455. The molecule has 0 spiro atoms. The second-order valence-electron chi connectivity index (χ2n) is 4.90. The Morgan fingerprint density at radius 1 is 1.00 bits per heavy atom. The number of fused-ring (bicyclic) bond motifs is 1. The fourth-order valence-electron chi connectivity index (χ4n) is 2.19.